The average Bonchev–Trinajstić information content (AvgIpc) is 3.04. The highest BCUT2D eigenvalue weighted by atomic mass is 16.6. The Labute approximate surface area is 104 Å². The van der Waals surface area contributed by atoms with E-state index in [9.17, 15) is 0 Å². The van der Waals surface area contributed by atoms with Crippen molar-refractivity contribution in [2.24, 2.45) is 0 Å². The highest BCUT2D eigenvalue weighted by Crippen LogP contribution is 2.55. The first-order chi connectivity index (χ1) is 8.93. The molecule has 2 heterocycles. The quantitative estimate of drug-likeness (QED) is 0.496. The van der Waals surface area contributed by atoms with Crippen LogP contribution < -0.4 is 4.74 Å². The third-order valence-corrected chi connectivity index (χ3v) is 3.12. The van der Waals surface area contributed by atoms with Crippen LogP contribution in [0, 0.1) is 0 Å². The lowest BCUT2D eigenvalue weighted by atomic mass is 10.1. The van der Waals surface area contributed by atoms with Crippen molar-refractivity contribution in [3.63, 3.8) is 0 Å². The van der Waals surface area contributed by atoms with Crippen LogP contribution in [0.1, 0.15) is 0 Å². The Bertz CT molecular complexity index is 703. The van der Waals surface area contributed by atoms with Crippen molar-refractivity contribution in [3.8, 4) is 28.3 Å². The molecule has 0 unspecified atom stereocenters. The minimum Gasteiger partial charge on any atom is -0.447 e. The second kappa shape index (κ2) is 3.47. The maximum absolute atomic E-state index is 5.63. The highest BCUT2D eigenvalue weighted by molar-refractivity contribution is 5.83. The second-order valence-corrected chi connectivity index (χ2v) is 4.23. The number of hydrogen-bond acceptors (Lipinski definition) is 2. The number of nitrogens with zero attached hydrogens (tertiary/aromatic N) is 2. The molecule has 0 saturated heterocycles. The molecule has 2 aromatic carbocycles. The van der Waals surface area contributed by atoms with Crippen LogP contribution in [-0.4, -0.2) is 9.55 Å². The highest BCUT2D eigenvalue weighted by Gasteiger charge is 2.29. The Morgan fingerprint density at radius 1 is 0.944 bits per heavy atom. The molecule has 3 heteroatoms. The number of imidazole rings is 1. The first-order valence-corrected chi connectivity index (χ1v) is 5.82. The third-order valence-electron chi connectivity index (χ3n) is 3.12. The van der Waals surface area contributed by atoms with Crippen LogP contribution in [0.5, 0.6) is 11.5 Å². The lowest BCUT2D eigenvalue weighted by Gasteiger charge is -2.00. The number of hydrogen-bond donors (Lipinski definition) is 0. The van der Waals surface area contributed by atoms with Gasteiger partial charge in [-0.2, -0.15) is 0 Å². The van der Waals surface area contributed by atoms with Crippen LogP contribution in [0.15, 0.2) is 61.2 Å². The zero-order chi connectivity index (χ0) is 11.9. The first-order valence-electron chi connectivity index (χ1n) is 5.82. The minimum atomic E-state index is 0.953. The molecule has 0 radical (unpaired) electrons. The van der Waals surface area contributed by atoms with Crippen molar-refractivity contribution < 1.29 is 4.74 Å². The Hall–Kier alpha value is -2.55. The van der Waals surface area contributed by atoms with Gasteiger partial charge in [0, 0.05) is 18.0 Å². The molecule has 0 bridgehead atoms. The largest absolute Gasteiger partial charge is 0.447 e. The van der Waals surface area contributed by atoms with E-state index >= 15 is 0 Å². The lowest BCUT2D eigenvalue weighted by Crippen LogP contribution is -1.86. The summed E-state index contributed by atoms with van der Waals surface area (Å²) in [7, 11) is 0. The van der Waals surface area contributed by atoms with Crippen LogP contribution in [0.2, 0.25) is 0 Å². The van der Waals surface area contributed by atoms with Gasteiger partial charge in [0.25, 0.3) is 0 Å². The van der Waals surface area contributed by atoms with Crippen molar-refractivity contribution in [3.05, 3.63) is 61.2 Å². The molecule has 86 valence electrons. The van der Waals surface area contributed by atoms with Crippen LogP contribution in [0.3, 0.4) is 0 Å². The number of aromatic nitrogens is 2. The smallest absolute Gasteiger partial charge is 0.194 e. The molecule has 4 rings (SSSR count). The Kier molecular flexibility index (Phi) is 1.83. The van der Waals surface area contributed by atoms with Crippen LogP contribution in [0.25, 0.3) is 16.8 Å². The molecule has 0 saturated carbocycles. The Morgan fingerprint density at radius 2 is 1.83 bits per heavy atom. The number of benzene rings is 2. The minimum absolute atomic E-state index is 0.953. The maximum atomic E-state index is 5.63. The summed E-state index contributed by atoms with van der Waals surface area (Å²) in [5.41, 5.74) is 3.38. The predicted molar refractivity (Wildman–Crippen MR) is 69.1 cm³/mol. The Balaban J connectivity index is 1.83. The number of ether oxygens (including phenoxy) is 1. The van der Waals surface area contributed by atoms with Gasteiger partial charge in [-0.05, 0) is 17.7 Å². The van der Waals surface area contributed by atoms with Crippen LogP contribution in [-0.2, 0) is 0 Å². The van der Waals surface area contributed by atoms with Gasteiger partial charge in [0.2, 0.25) is 0 Å². The first kappa shape index (κ1) is 9.48. The summed E-state index contributed by atoms with van der Waals surface area (Å²) in [6.45, 7) is 0. The molecule has 18 heavy (non-hydrogen) atoms. The second-order valence-electron chi connectivity index (χ2n) is 4.23. The van der Waals surface area contributed by atoms with E-state index in [0.717, 1.165) is 22.7 Å². The summed E-state index contributed by atoms with van der Waals surface area (Å²) in [5.74, 6) is 1.93. The predicted octanol–water partition coefficient (Wildman–Crippen LogP) is 3.65. The SMILES string of the molecule is c1ccc(-c2ccc(-n3ccnc3)c3c2O3)cc1. The summed E-state index contributed by atoms with van der Waals surface area (Å²) in [4.78, 5) is 4.05. The summed E-state index contributed by atoms with van der Waals surface area (Å²) >= 11 is 0. The van der Waals surface area contributed by atoms with E-state index in [0.29, 0.717) is 0 Å². The summed E-state index contributed by atoms with van der Waals surface area (Å²) in [5, 5.41) is 0. The van der Waals surface area contributed by atoms with Crippen LogP contribution >= 0.6 is 0 Å². The molecule has 0 atom stereocenters. The Morgan fingerprint density at radius 3 is 2.61 bits per heavy atom. The molecule has 1 aliphatic rings. The zero-order valence-electron chi connectivity index (χ0n) is 9.58. The fourth-order valence-electron chi connectivity index (χ4n) is 2.19. The van der Waals surface area contributed by atoms with Gasteiger partial charge in [-0.1, -0.05) is 30.3 Å². The van der Waals surface area contributed by atoms with E-state index < -0.39 is 0 Å². The summed E-state index contributed by atoms with van der Waals surface area (Å²) < 4.78 is 7.59. The van der Waals surface area contributed by atoms with Gasteiger partial charge in [0.05, 0.1) is 12.0 Å². The van der Waals surface area contributed by atoms with Crippen molar-refractivity contribution in [1.82, 2.24) is 9.55 Å². The maximum Gasteiger partial charge on any atom is 0.194 e. The fraction of sp³-hybridized carbons (Fsp3) is 0. The van der Waals surface area contributed by atoms with E-state index in [4.69, 9.17) is 4.74 Å². The molecule has 0 N–H and O–H groups in total. The standard InChI is InChI=1S/C15H10N2O/c1-2-4-11(5-3-1)12-6-7-13(15-14(12)18-15)17-9-8-16-10-17/h1-10H. The van der Waals surface area contributed by atoms with E-state index in [1.807, 2.05) is 29.0 Å². The van der Waals surface area contributed by atoms with Gasteiger partial charge in [-0.3, -0.25) is 0 Å². The van der Waals surface area contributed by atoms with E-state index in [1.165, 1.54) is 5.56 Å². The van der Waals surface area contributed by atoms with E-state index in [-0.39, 0.29) is 0 Å². The number of rotatable bonds is 2. The monoisotopic (exact) mass is 234 g/mol. The third kappa shape index (κ3) is 1.34. The molecule has 3 nitrogen and oxygen atoms in total. The van der Waals surface area contributed by atoms with Crippen LogP contribution in [0.4, 0.5) is 0 Å². The van der Waals surface area contributed by atoms with Crippen molar-refractivity contribution in [2.75, 3.05) is 0 Å². The lowest BCUT2D eigenvalue weighted by molar-refractivity contribution is 0.647. The topological polar surface area (TPSA) is 30.4 Å². The van der Waals surface area contributed by atoms with Crippen molar-refractivity contribution in [2.45, 2.75) is 0 Å². The molecular weight excluding hydrogens is 224 g/mol. The van der Waals surface area contributed by atoms with Gasteiger partial charge in [-0.25, -0.2) is 4.98 Å². The molecule has 0 amide bonds. The fourth-order valence-corrected chi connectivity index (χ4v) is 2.19. The molecule has 0 aliphatic carbocycles. The molecule has 1 aromatic heterocycles. The summed E-state index contributed by atoms with van der Waals surface area (Å²) in [6, 6.07) is 14.4. The van der Waals surface area contributed by atoms with Gasteiger partial charge >= 0.3 is 0 Å². The summed E-state index contributed by atoms with van der Waals surface area (Å²) in [6.07, 6.45) is 5.46. The molecule has 3 aromatic rings. The van der Waals surface area contributed by atoms with Gasteiger partial charge in [-0.15, -0.1) is 0 Å². The number of fused-ring (bicyclic) bond motifs is 1. The molecule has 1 aliphatic heterocycles. The zero-order valence-corrected chi connectivity index (χ0v) is 9.58. The van der Waals surface area contributed by atoms with Crippen molar-refractivity contribution >= 4 is 0 Å². The normalized spacial score (nSPS) is 11.8. The molecule has 0 spiro atoms. The average molecular weight is 234 g/mol. The van der Waals surface area contributed by atoms with Gasteiger partial charge in [0.15, 0.2) is 11.5 Å². The van der Waals surface area contributed by atoms with Gasteiger partial charge in [0.1, 0.15) is 0 Å². The van der Waals surface area contributed by atoms with Crippen molar-refractivity contribution in [1.29, 1.82) is 0 Å². The molecular formula is C15H10N2O. The van der Waals surface area contributed by atoms with E-state index in [1.54, 1.807) is 12.5 Å². The van der Waals surface area contributed by atoms with E-state index in [2.05, 4.69) is 29.2 Å². The van der Waals surface area contributed by atoms with Gasteiger partial charge < -0.3 is 9.30 Å². The molecule has 0 fully saturated rings.